The molecule has 0 spiro atoms. The van der Waals surface area contributed by atoms with Crippen LogP contribution in [0.25, 0.3) is 0 Å². The summed E-state index contributed by atoms with van der Waals surface area (Å²) >= 11 is 0. The van der Waals surface area contributed by atoms with Crippen molar-refractivity contribution in [2.24, 2.45) is 18.4 Å². The average molecular weight is 348 g/mol. The van der Waals surface area contributed by atoms with Gasteiger partial charge in [0.2, 0.25) is 5.91 Å². The summed E-state index contributed by atoms with van der Waals surface area (Å²) in [5, 5.41) is 4.25. The minimum atomic E-state index is 0.0352. The number of aromatic nitrogens is 2. The fourth-order valence-electron chi connectivity index (χ4n) is 4.48. The molecule has 7 nitrogen and oxygen atoms in total. The van der Waals surface area contributed by atoms with Crippen molar-refractivity contribution in [3.63, 3.8) is 0 Å². The first kappa shape index (κ1) is 17.0. The van der Waals surface area contributed by atoms with Crippen LogP contribution < -0.4 is 0 Å². The first-order chi connectivity index (χ1) is 12.1. The molecule has 1 amide bonds. The van der Waals surface area contributed by atoms with E-state index in [1.54, 1.807) is 0 Å². The van der Waals surface area contributed by atoms with Gasteiger partial charge in [-0.25, -0.2) is 0 Å². The highest BCUT2D eigenvalue weighted by molar-refractivity contribution is 5.77. The molecular weight excluding hydrogens is 320 g/mol. The highest BCUT2D eigenvalue weighted by Gasteiger charge is 2.50. The summed E-state index contributed by atoms with van der Waals surface area (Å²) in [6, 6.07) is 0. The molecule has 3 saturated heterocycles. The van der Waals surface area contributed by atoms with Gasteiger partial charge in [-0.1, -0.05) is 0 Å². The van der Waals surface area contributed by atoms with Crippen LogP contribution in [0.3, 0.4) is 0 Å². The molecule has 0 N–H and O–H groups in total. The molecule has 3 fully saturated rings. The van der Waals surface area contributed by atoms with Crippen molar-refractivity contribution in [2.45, 2.75) is 19.4 Å². The second-order valence-corrected chi connectivity index (χ2v) is 7.85. The Labute approximate surface area is 148 Å². The first-order valence-corrected chi connectivity index (χ1v) is 9.28. The highest BCUT2D eigenvalue weighted by atomic mass is 16.5. The molecule has 25 heavy (non-hydrogen) atoms. The van der Waals surface area contributed by atoms with Gasteiger partial charge in [-0.15, -0.1) is 0 Å². The lowest BCUT2D eigenvalue weighted by Gasteiger charge is -2.27. The van der Waals surface area contributed by atoms with E-state index in [0.717, 1.165) is 58.8 Å². The van der Waals surface area contributed by atoms with Gasteiger partial charge >= 0.3 is 0 Å². The summed E-state index contributed by atoms with van der Waals surface area (Å²) in [6.45, 7) is 7.03. The van der Waals surface area contributed by atoms with E-state index >= 15 is 0 Å². The number of hydrogen-bond donors (Lipinski definition) is 0. The van der Waals surface area contributed by atoms with Crippen molar-refractivity contribution in [1.29, 1.82) is 0 Å². The number of aryl methyl sites for hydroxylation is 1. The maximum Gasteiger partial charge on any atom is 0.248 e. The smallest absolute Gasteiger partial charge is 0.248 e. The van der Waals surface area contributed by atoms with Gasteiger partial charge < -0.3 is 14.4 Å². The Balaban J connectivity index is 1.30. The van der Waals surface area contributed by atoms with Gasteiger partial charge in [0.1, 0.15) is 6.61 Å². The summed E-state index contributed by atoms with van der Waals surface area (Å²) in [7, 11) is 1.95. The average Bonchev–Trinajstić information content (AvgIpc) is 3.32. The van der Waals surface area contributed by atoms with E-state index in [9.17, 15) is 4.79 Å². The summed E-state index contributed by atoms with van der Waals surface area (Å²) in [6.07, 6.45) is 6.24. The minimum Gasteiger partial charge on any atom is -0.380 e. The molecule has 3 aliphatic heterocycles. The van der Waals surface area contributed by atoms with Gasteiger partial charge in [-0.05, 0) is 12.8 Å². The predicted molar refractivity (Wildman–Crippen MR) is 91.9 cm³/mol. The lowest BCUT2D eigenvalue weighted by molar-refractivity contribution is -0.136. The summed E-state index contributed by atoms with van der Waals surface area (Å²) in [5.41, 5.74) is 1.27. The quantitative estimate of drug-likeness (QED) is 0.750. The van der Waals surface area contributed by atoms with Crippen LogP contribution in [0.5, 0.6) is 0 Å². The Hall–Kier alpha value is -1.44. The Morgan fingerprint density at radius 2 is 2.28 bits per heavy atom. The van der Waals surface area contributed by atoms with Crippen LogP contribution in [-0.2, 0) is 27.9 Å². The fourth-order valence-corrected chi connectivity index (χ4v) is 4.48. The Kier molecular flexibility index (Phi) is 4.80. The summed E-state index contributed by atoms with van der Waals surface area (Å²) < 4.78 is 13.5. The van der Waals surface area contributed by atoms with Crippen LogP contribution >= 0.6 is 0 Å². The zero-order valence-electron chi connectivity index (χ0n) is 15.0. The SMILES string of the molecule is Cn1cc(CN2C[C@@H]3COC[C@]3(COCC(=O)N3CCCC3)C2)cn1. The lowest BCUT2D eigenvalue weighted by atomic mass is 9.82. The van der Waals surface area contributed by atoms with E-state index in [-0.39, 0.29) is 17.9 Å². The number of nitrogens with zero attached hydrogens (tertiary/aromatic N) is 4. The van der Waals surface area contributed by atoms with Gasteiger partial charge in [-0.2, -0.15) is 5.10 Å². The summed E-state index contributed by atoms with van der Waals surface area (Å²) in [4.78, 5) is 16.6. The van der Waals surface area contributed by atoms with Gasteiger partial charge in [0.15, 0.2) is 0 Å². The van der Waals surface area contributed by atoms with E-state index in [1.807, 2.05) is 22.8 Å². The molecule has 4 heterocycles. The Bertz CT molecular complexity index is 613. The third-order valence-electron chi connectivity index (χ3n) is 5.83. The number of carbonyl (C=O) groups excluding carboxylic acids is 1. The number of hydrogen-bond acceptors (Lipinski definition) is 5. The molecule has 0 aliphatic carbocycles. The molecule has 0 bridgehead atoms. The first-order valence-electron chi connectivity index (χ1n) is 9.28. The van der Waals surface area contributed by atoms with Crippen molar-refractivity contribution in [1.82, 2.24) is 19.6 Å². The molecule has 2 atom stereocenters. The highest BCUT2D eigenvalue weighted by Crippen LogP contribution is 2.42. The van der Waals surface area contributed by atoms with Crippen molar-refractivity contribution >= 4 is 5.91 Å². The zero-order chi connectivity index (χ0) is 17.3. The lowest BCUT2D eigenvalue weighted by Crippen LogP contribution is -2.38. The molecule has 138 valence electrons. The normalized spacial score (nSPS) is 29.5. The van der Waals surface area contributed by atoms with Gasteiger partial charge in [0, 0.05) is 62.9 Å². The molecule has 0 aromatic carbocycles. The molecule has 1 aromatic heterocycles. The van der Waals surface area contributed by atoms with Gasteiger partial charge in [0.05, 0.1) is 26.0 Å². The van der Waals surface area contributed by atoms with Crippen LogP contribution in [-0.4, -0.2) is 78.1 Å². The number of ether oxygens (including phenoxy) is 2. The van der Waals surface area contributed by atoms with Crippen molar-refractivity contribution in [3.05, 3.63) is 18.0 Å². The topological polar surface area (TPSA) is 59.8 Å². The van der Waals surface area contributed by atoms with E-state index in [1.165, 1.54) is 5.56 Å². The molecular formula is C18H28N4O3. The predicted octanol–water partition coefficient (Wildman–Crippen LogP) is 0.508. The molecule has 0 saturated carbocycles. The second kappa shape index (κ2) is 7.05. The maximum atomic E-state index is 12.2. The van der Waals surface area contributed by atoms with Crippen molar-refractivity contribution < 1.29 is 14.3 Å². The standard InChI is InChI=1S/C18H28N4O3/c1-20-7-15(6-19-20)8-21-9-16-10-24-13-18(16,12-21)14-25-11-17(23)22-4-2-3-5-22/h6-7,16H,2-5,8-14H2,1H3/t16-,18+/m1/s1. The maximum absolute atomic E-state index is 12.2. The summed E-state index contributed by atoms with van der Waals surface area (Å²) in [5.74, 6) is 0.626. The fraction of sp³-hybridized carbons (Fsp3) is 0.778. The van der Waals surface area contributed by atoms with Crippen LogP contribution in [0.15, 0.2) is 12.4 Å². The molecule has 7 heteroatoms. The molecule has 0 radical (unpaired) electrons. The third-order valence-corrected chi connectivity index (χ3v) is 5.83. The Morgan fingerprint density at radius 3 is 3.04 bits per heavy atom. The Morgan fingerprint density at radius 1 is 1.44 bits per heavy atom. The number of amides is 1. The van der Waals surface area contributed by atoms with Gasteiger partial charge in [0.25, 0.3) is 0 Å². The zero-order valence-corrected chi connectivity index (χ0v) is 15.0. The van der Waals surface area contributed by atoms with Crippen LogP contribution in [0.1, 0.15) is 18.4 Å². The second-order valence-electron chi connectivity index (χ2n) is 7.85. The number of fused-ring (bicyclic) bond motifs is 1. The van der Waals surface area contributed by atoms with E-state index in [4.69, 9.17) is 9.47 Å². The number of likely N-dealkylation sites (tertiary alicyclic amines) is 2. The monoisotopic (exact) mass is 348 g/mol. The third kappa shape index (κ3) is 3.59. The molecule has 1 aromatic rings. The molecule has 4 rings (SSSR count). The van der Waals surface area contributed by atoms with E-state index < -0.39 is 0 Å². The van der Waals surface area contributed by atoms with E-state index in [0.29, 0.717) is 12.5 Å². The largest absolute Gasteiger partial charge is 0.380 e. The molecule has 3 aliphatic rings. The van der Waals surface area contributed by atoms with Gasteiger partial charge in [-0.3, -0.25) is 14.4 Å². The van der Waals surface area contributed by atoms with Crippen molar-refractivity contribution in [3.8, 4) is 0 Å². The van der Waals surface area contributed by atoms with Crippen LogP contribution in [0, 0.1) is 11.3 Å². The van der Waals surface area contributed by atoms with Crippen molar-refractivity contribution in [2.75, 3.05) is 52.6 Å². The number of carbonyl (C=O) groups is 1. The number of rotatable bonds is 6. The minimum absolute atomic E-state index is 0.0352. The van der Waals surface area contributed by atoms with E-state index in [2.05, 4.69) is 16.2 Å². The van der Waals surface area contributed by atoms with Crippen LogP contribution in [0.4, 0.5) is 0 Å². The molecule has 0 unspecified atom stereocenters. The van der Waals surface area contributed by atoms with Crippen LogP contribution in [0.2, 0.25) is 0 Å².